The Hall–Kier alpha value is -2.56. The van der Waals surface area contributed by atoms with Crippen molar-refractivity contribution in [3.05, 3.63) is 60.1 Å². The molecule has 5 nitrogen and oxygen atoms in total. The lowest BCUT2D eigenvalue weighted by Gasteiger charge is -2.14. The summed E-state index contributed by atoms with van der Waals surface area (Å²) in [5.74, 6) is -0.912. The van der Waals surface area contributed by atoms with Crippen molar-refractivity contribution in [2.24, 2.45) is 0 Å². The summed E-state index contributed by atoms with van der Waals surface area (Å²) < 4.78 is 5.16. The molecule has 0 aliphatic heterocycles. The van der Waals surface area contributed by atoms with Gasteiger partial charge in [-0.1, -0.05) is 18.2 Å². The van der Waals surface area contributed by atoms with Crippen LogP contribution >= 0.6 is 0 Å². The van der Waals surface area contributed by atoms with Gasteiger partial charge in [-0.3, -0.25) is 9.59 Å². The second-order valence-corrected chi connectivity index (χ2v) is 4.01. The molecule has 2 rings (SSSR count). The van der Waals surface area contributed by atoms with E-state index >= 15 is 0 Å². The summed E-state index contributed by atoms with van der Waals surface area (Å²) in [6.07, 6.45) is 1.21. The van der Waals surface area contributed by atoms with Crippen molar-refractivity contribution in [3.63, 3.8) is 0 Å². The summed E-state index contributed by atoms with van der Waals surface area (Å²) >= 11 is 0. The Morgan fingerprint density at radius 3 is 2.47 bits per heavy atom. The summed E-state index contributed by atoms with van der Waals surface area (Å²) in [4.78, 5) is 22.8. The van der Waals surface area contributed by atoms with Crippen LogP contribution in [0.5, 0.6) is 0 Å². The third-order valence-corrected chi connectivity index (χ3v) is 2.61. The molecule has 1 unspecified atom stereocenters. The molecule has 19 heavy (non-hydrogen) atoms. The van der Waals surface area contributed by atoms with Crippen molar-refractivity contribution in [1.82, 2.24) is 5.32 Å². The van der Waals surface area contributed by atoms with E-state index in [0.717, 1.165) is 0 Å². The maximum atomic E-state index is 12.0. The van der Waals surface area contributed by atoms with Gasteiger partial charge in [-0.05, 0) is 24.3 Å². The first-order valence-electron chi connectivity index (χ1n) is 5.78. The quantitative estimate of drug-likeness (QED) is 0.862. The molecule has 0 saturated heterocycles. The lowest BCUT2D eigenvalue weighted by Crippen LogP contribution is -2.29. The highest BCUT2D eigenvalue weighted by Gasteiger charge is 2.20. The van der Waals surface area contributed by atoms with Gasteiger partial charge in [0.25, 0.3) is 5.91 Å². The number of furan rings is 1. The second kappa shape index (κ2) is 5.86. The largest absolute Gasteiger partial charge is 0.481 e. The van der Waals surface area contributed by atoms with Gasteiger partial charge in [0.15, 0.2) is 0 Å². The maximum absolute atomic E-state index is 12.0. The van der Waals surface area contributed by atoms with E-state index in [1.807, 2.05) is 0 Å². The molecule has 0 spiro atoms. The van der Waals surface area contributed by atoms with E-state index in [2.05, 4.69) is 5.32 Å². The number of aliphatic carboxylic acids is 1. The highest BCUT2D eigenvalue weighted by Crippen LogP contribution is 2.18. The third-order valence-electron chi connectivity index (χ3n) is 2.61. The normalized spacial score (nSPS) is 11.8. The van der Waals surface area contributed by atoms with Crippen LogP contribution in [0.2, 0.25) is 0 Å². The average Bonchev–Trinajstić information content (AvgIpc) is 2.92. The van der Waals surface area contributed by atoms with Crippen molar-refractivity contribution in [2.45, 2.75) is 12.5 Å². The number of carbonyl (C=O) groups excluding carboxylic acids is 1. The number of carbonyl (C=O) groups is 2. The van der Waals surface area contributed by atoms with Crippen LogP contribution in [0.15, 0.2) is 53.1 Å². The van der Waals surface area contributed by atoms with Gasteiger partial charge in [0, 0.05) is 5.56 Å². The minimum atomic E-state index is -1.00. The lowest BCUT2D eigenvalue weighted by atomic mass is 10.1. The molecule has 1 heterocycles. The first kappa shape index (κ1) is 12.9. The summed E-state index contributed by atoms with van der Waals surface area (Å²) in [7, 11) is 0. The highest BCUT2D eigenvalue weighted by atomic mass is 16.4. The zero-order chi connectivity index (χ0) is 13.7. The number of hydrogen-bond acceptors (Lipinski definition) is 3. The SMILES string of the molecule is O=C(O)CC(NC(=O)c1ccccc1)c1ccco1. The number of carboxylic acid groups (broad SMARTS) is 1. The van der Waals surface area contributed by atoms with E-state index in [1.165, 1.54) is 6.26 Å². The van der Waals surface area contributed by atoms with Gasteiger partial charge in [-0.15, -0.1) is 0 Å². The zero-order valence-electron chi connectivity index (χ0n) is 10.1. The molecule has 0 radical (unpaired) electrons. The molecule has 1 amide bonds. The fourth-order valence-corrected chi connectivity index (χ4v) is 1.72. The van der Waals surface area contributed by atoms with Crippen LogP contribution in [0, 0.1) is 0 Å². The van der Waals surface area contributed by atoms with E-state index < -0.39 is 12.0 Å². The van der Waals surface area contributed by atoms with E-state index in [4.69, 9.17) is 9.52 Å². The molecule has 1 aromatic heterocycles. The smallest absolute Gasteiger partial charge is 0.305 e. The van der Waals surface area contributed by atoms with Crippen molar-refractivity contribution in [1.29, 1.82) is 0 Å². The molecule has 0 aliphatic carbocycles. The first-order valence-corrected chi connectivity index (χ1v) is 5.78. The minimum absolute atomic E-state index is 0.230. The van der Waals surface area contributed by atoms with Gasteiger partial charge < -0.3 is 14.8 Å². The number of carboxylic acids is 1. The number of rotatable bonds is 5. The summed E-state index contributed by atoms with van der Waals surface area (Å²) in [6.45, 7) is 0. The van der Waals surface area contributed by atoms with Crippen LogP contribution in [0.1, 0.15) is 28.6 Å². The van der Waals surface area contributed by atoms with Gasteiger partial charge in [0.1, 0.15) is 5.76 Å². The molecule has 2 aromatic rings. The van der Waals surface area contributed by atoms with Gasteiger partial charge in [0.05, 0.1) is 18.7 Å². The average molecular weight is 259 g/mol. The summed E-state index contributed by atoms with van der Waals surface area (Å²) in [5, 5.41) is 11.5. The monoisotopic (exact) mass is 259 g/mol. The second-order valence-electron chi connectivity index (χ2n) is 4.01. The van der Waals surface area contributed by atoms with Gasteiger partial charge in [-0.25, -0.2) is 0 Å². The van der Waals surface area contributed by atoms with E-state index in [-0.39, 0.29) is 12.3 Å². The van der Waals surface area contributed by atoms with Crippen LogP contribution < -0.4 is 5.32 Å². The predicted octanol–water partition coefficient (Wildman–Crippen LogP) is 2.23. The molecule has 0 fully saturated rings. The van der Waals surface area contributed by atoms with E-state index in [9.17, 15) is 9.59 Å². The molecular weight excluding hydrogens is 246 g/mol. The Labute approximate surface area is 109 Å². The zero-order valence-corrected chi connectivity index (χ0v) is 10.1. The summed E-state index contributed by atoms with van der Waals surface area (Å²) in [5.41, 5.74) is 0.476. The Morgan fingerprint density at radius 1 is 1.16 bits per heavy atom. The van der Waals surface area contributed by atoms with Gasteiger partial charge in [0.2, 0.25) is 0 Å². The Bertz CT molecular complexity index is 548. The van der Waals surface area contributed by atoms with Crippen LogP contribution in [0.25, 0.3) is 0 Å². The van der Waals surface area contributed by atoms with Crippen LogP contribution in [-0.2, 0) is 4.79 Å². The molecule has 5 heteroatoms. The fourth-order valence-electron chi connectivity index (χ4n) is 1.72. The van der Waals surface area contributed by atoms with Crippen LogP contribution in [0.4, 0.5) is 0 Å². The minimum Gasteiger partial charge on any atom is -0.481 e. The standard InChI is InChI=1S/C14H13NO4/c16-13(17)9-11(12-7-4-8-19-12)15-14(18)10-5-2-1-3-6-10/h1-8,11H,9H2,(H,15,18)(H,16,17). The Balaban J connectivity index is 2.12. The first-order chi connectivity index (χ1) is 9.16. The molecule has 0 saturated carbocycles. The molecule has 98 valence electrons. The van der Waals surface area contributed by atoms with Crippen molar-refractivity contribution < 1.29 is 19.1 Å². The number of nitrogens with one attached hydrogen (secondary N) is 1. The molecular formula is C14H13NO4. The number of amides is 1. The van der Waals surface area contributed by atoms with Crippen molar-refractivity contribution >= 4 is 11.9 Å². The topological polar surface area (TPSA) is 79.5 Å². The number of benzene rings is 1. The molecule has 2 N–H and O–H groups in total. The van der Waals surface area contributed by atoms with Crippen LogP contribution in [0.3, 0.4) is 0 Å². The summed E-state index contributed by atoms with van der Waals surface area (Å²) in [6, 6.07) is 11.2. The van der Waals surface area contributed by atoms with E-state index in [1.54, 1.807) is 42.5 Å². The molecule has 1 atom stereocenters. The Kier molecular flexibility index (Phi) is 3.97. The number of hydrogen-bond donors (Lipinski definition) is 2. The molecule has 0 bridgehead atoms. The van der Waals surface area contributed by atoms with E-state index in [0.29, 0.717) is 11.3 Å². The third kappa shape index (κ3) is 3.45. The highest BCUT2D eigenvalue weighted by molar-refractivity contribution is 5.94. The Morgan fingerprint density at radius 2 is 1.89 bits per heavy atom. The van der Waals surface area contributed by atoms with Gasteiger partial charge >= 0.3 is 5.97 Å². The van der Waals surface area contributed by atoms with Crippen molar-refractivity contribution in [2.75, 3.05) is 0 Å². The van der Waals surface area contributed by atoms with Gasteiger partial charge in [-0.2, -0.15) is 0 Å². The maximum Gasteiger partial charge on any atom is 0.305 e. The van der Waals surface area contributed by atoms with Crippen LogP contribution in [-0.4, -0.2) is 17.0 Å². The molecule has 0 aliphatic rings. The molecule has 1 aromatic carbocycles. The lowest BCUT2D eigenvalue weighted by molar-refractivity contribution is -0.137. The fraction of sp³-hybridized carbons (Fsp3) is 0.143. The van der Waals surface area contributed by atoms with Crippen molar-refractivity contribution in [3.8, 4) is 0 Å². The predicted molar refractivity (Wildman–Crippen MR) is 67.6 cm³/mol.